The lowest BCUT2D eigenvalue weighted by Crippen LogP contribution is -2.09. The van der Waals surface area contributed by atoms with Gasteiger partial charge in [0.1, 0.15) is 11.5 Å². The summed E-state index contributed by atoms with van der Waals surface area (Å²) in [4.78, 5) is 11.2. The van der Waals surface area contributed by atoms with Crippen LogP contribution in [0.3, 0.4) is 0 Å². The zero-order chi connectivity index (χ0) is 12.1. The van der Waals surface area contributed by atoms with Crippen LogP contribution in [0.2, 0.25) is 0 Å². The number of rotatable bonds is 5. The first kappa shape index (κ1) is 13.1. The number of halogens is 3. The zero-order valence-corrected chi connectivity index (χ0v) is 10.3. The Morgan fingerprint density at radius 1 is 1.50 bits per heavy atom. The molecule has 0 atom stereocenters. The molecule has 0 N–H and O–H groups in total. The number of hydrogen-bond acceptors (Lipinski definition) is 2. The largest absolute Gasteiger partial charge is 0.434 e. The molecule has 2 nitrogen and oxygen atoms in total. The quantitative estimate of drug-likeness (QED) is 0.780. The maximum absolute atomic E-state index is 12.2. The molecule has 0 bridgehead atoms. The minimum atomic E-state index is -2.88. The monoisotopic (exact) mass is 292 g/mol. The fraction of sp³-hybridized carbons (Fsp3) is 0.364. The lowest BCUT2D eigenvalue weighted by Gasteiger charge is -2.12. The van der Waals surface area contributed by atoms with Gasteiger partial charge in [-0.05, 0) is 12.5 Å². The first-order valence-electron chi connectivity index (χ1n) is 4.65. The van der Waals surface area contributed by atoms with Gasteiger partial charge in [-0.3, -0.25) is 4.79 Å². The van der Waals surface area contributed by atoms with E-state index < -0.39 is 6.61 Å². The van der Waals surface area contributed by atoms with E-state index in [-0.39, 0.29) is 23.3 Å². The zero-order valence-electron chi connectivity index (χ0n) is 8.67. The highest BCUT2D eigenvalue weighted by molar-refractivity contribution is 9.09. The minimum Gasteiger partial charge on any atom is -0.434 e. The maximum Gasteiger partial charge on any atom is 0.387 e. The van der Waals surface area contributed by atoms with Crippen molar-refractivity contribution < 1.29 is 18.3 Å². The molecule has 0 saturated carbocycles. The van der Waals surface area contributed by atoms with Crippen molar-refractivity contribution in [2.24, 2.45) is 0 Å². The first-order chi connectivity index (χ1) is 7.54. The van der Waals surface area contributed by atoms with Crippen LogP contribution in [0.15, 0.2) is 18.2 Å². The third-order valence-electron chi connectivity index (χ3n) is 2.04. The molecule has 0 unspecified atom stereocenters. The van der Waals surface area contributed by atoms with Gasteiger partial charge in [-0.25, -0.2) is 0 Å². The number of carbonyl (C=O) groups is 1. The number of alkyl halides is 3. The molecule has 0 saturated heterocycles. The van der Waals surface area contributed by atoms with Crippen LogP contribution in [-0.4, -0.2) is 17.7 Å². The molecular formula is C11H11BrF2O2. The van der Waals surface area contributed by atoms with Crippen molar-refractivity contribution in [3.63, 3.8) is 0 Å². The van der Waals surface area contributed by atoms with Gasteiger partial charge in [0.05, 0.1) is 5.33 Å². The van der Waals surface area contributed by atoms with Gasteiger partial charge in [0.2, 0.25) is 0 Å². The molecule has 1 aromatic rings. The molecule has 1 rings (SSSR count). The van der Waals surface area contributed by atoms with E-state index in [9.17, 15) is 13.6 Å². The Bertz CT molecular complexity index is 380. The average molecular weight is 293 g/mol. The van der Waals surface area contributed by atoms with E-state index in [4.69, 9.17) is 0 Å². The Kier molecular flexibility index (Phi) is 4.86. The molecule has 16 heavy (non-hydrogen) atoms. The highest BCUT2D eigenvalue weighted by Crippen LogP contribution is 2.25. The van der Waals surface area contributed by atoms with Crippen LogP contribution in [0, 0.1) is 6.92 Å². The lowest BCUT2D eigenvalue weighted by atomic mass is 10.1. The third-order valence-corrected chi connectivity index (χ3v) is 2.66. The first-order valence-corrected chi connectivity index (χ1v) is 5.77. The Labute approximate surface area is 101 Å². The highest BCUT2D eigenvalue weighted by Gasteiger charge is 2.14. The van der Waals surface area contributed by atoms with E-state index in [0.29, 0.717) is 11.1 Å². The Balaban J connectivity index is 2.98. The fourth-order valence-electron chi connectivity index (χ4n) is 1.37. The smallest absolute Gasteiger partial charge is 0.387 e. The Morgan fingerprint density at radius 3 is 2.75 bits per heavy atom. The second-order valence-electron chi connectivity index (χ2n) is 3.29. The number of hydrogen-bond donors (Lipinski definition) is 0. The molecule has 0 aliphatic heterocycles. The van der Waals surface area contributed by atoms with Gasteiger partial charge < -0.3 is 4.74 Å². The van der Waals surface area contributed by atoms with Crippen LogP contribution < -0.4 is 4.74 Å². The van der Waals surface area contributed by atoms with Crippen molar-refractivity contribution >= 4 is 21.7 Å². The summed E-state index contributed by atoms with van der Waals surface area (Å²) in [6.45, 7) is -1.21. The summed E-state index contributed by atoms with van der Waals surface area (Å²) in [5, 5.41) is 0.203. The second-order valence-corrected chi connectivity index (χ2v) is 3.85. The summed E-state index contributed by atoms with van der Waals surface area (Å²) < 4.78 is 28.8. The van der Waals surface area contributed by atoms with E-state index in [1.165, 1.54) is 0 Å². The predicted octanol–water partition coefficient (Wildman–Crippen LogP) is 3.10. The van der Waals surface area contributed by atoms with Gasteiger partial charge in [0.15, 0.2) is 0 Å². The van der Waals surface area contributed by atoms with E-state index in [0.717, 1.165) is 0 Å². The van der Waals surface area contributed by atoms with E-state index in [1.54, 1.807) is 25.1 Å². The van der Waals surface area contributed by atoms with E-state index in [2.05, 4.69) is 20.7 Å². The minimum absolute atomic E-state index is 0.0790. The summed E-state index contributed by atoms with van der Waals surface area (Å²) in [5.74, 6) is 0.0246. The SMILES string of the molecule is Cc1cccc(CC(=O)CBr)c1OC(F)F. The van der Waals surface area contributed by atoms with Crippen molar-refractivity contribution in [2.45, 2.75) is 20.0 Å². The van der Waals surface area contributed by atoms with Crippen LogP contribution in [0.5, 0.6) is 5.75 Å². The number of benzene rings is 1. The summed E-state index contributed by atoms with van der Waals surface area (Å²) in [6, 6.07) is 5.00. The Hall–Kier alpha value is -0.970. The summed E-state index contributed by atoms with van der Waals surface area (Å²) in [6.07, 6.45) is 0.0922. The molecule has 88 valence electrons. The second kappa shape index (κ2) is 5.94. The third kappa shape index (κ3) is 3.56. The van der Waals surface area contributed by atoms with Gasteiger partial charge in [-0.1, -0.05) is 34.1 Å². The summed E-state index contributed by atoms with van der Waals surface area (Å²) in [5.41, 5.74) is 1.09. The fourth-order valence-corrected chi connectivity index (χ4v) is 1.57. The van der Waals surface area contributed by atoms with E-state index in [1.807, 2.05) is 0 Å². The molecule has 5 heteroatoms. The molecule has 1 aromatic carbocycles. The van der Waals surface area contributed by atoms with Crippen molar-refractivity contribution in [3.8, 4) is 5.75 Å². The van der Waals surface area contributed by atoms with Crippen LogP contribution in [0.25, 0.3) is 0 Å². The van der Waals surface area contributed by atoms with Crippen LogP contribution in [0.4, 0.5) is 8.78 Å². The molecule has 0 spiro atoms. The van der Waals surface area contributed by atoms with Gasteiger partial charge in [0.25, 0.3) is 0 Å². The summed E-state index contributed by atoms with van der Waals surface area (Å²) >= 11 is 3.03. The van der Waals surface area contributed by atoms with Gasteiger partial charge in [-0.15, -0.1) is 0 Å². The number of carbonyl (C=O) groups excluding carboxylic acids is 1. The van der Waals surface area contributed by atoms with Crippen molar-refractivity contribution in [2.75, 3.05) is 5.33 Å². The molecule has 0 amide bonds. The predicted molar refractivity (Wildman–Crippen MR) is 60.3 cm³/mol. The molecule has 0 heterocycles. The summed E-state index contributed by atoms with van der Waals surface area (Å²) in [7, 11) is 0. The average Bonchev–Trinajstić information content (AvgIpc) is 2.22. The number of Topliss-reactive ketones (excluding diaryl/α,β-unsaturated/α-hetero) is 1. The van der Waals surface area contributed by atoms with Crippen LogP contribution >= 0.6 is 15.9 Å². The number of ketones is 1. The molecule has 0 aliphatic rings. The molecule has 0 aliphatic carbocycles. The normalized spacial score (nSPS) is 10.6. The van der Waals surface area contributed by atoms with Crippen molar-refractivity contribution in [1.82, 2.24) is 0 Å². The van der Waals surface area contributed by atoms with Crippen molar-refractivity contribution in [1.29, 1.82) is 0 Å². The number of para-hydroxylation sites is 1. The molecular weight excluding hydrogens is 282 g/mol. The van der Waals surface area contributed by atoms with Crippen LogP contribution in [-0.2, 0) is 11.2 Å². The van der Waals surface area contributed by atoms with Gasteiger partial charge in [0, 0.05) is 12.0 Å². The lowest BCUT2D eigenvalue weighted by molar-refractivity contribution is -0.116. The number of aryl methyl sites for hydroxylation is 1. The van der Waals surface area contributed by atoms with Crippen molar-refractivity contribution in [3.05, 3.63) is 29.3 Å². The number of ether oxygens (including phenoxy) is 1. The Morgan fingerprint density at radius 2 is 2.19 bits per heavy atom. The maximum atomic E-state index is 12.2. The van der Waals surface area contributed by atoms with Gasteiger partial charge in [-0.2, -0.15) is 8.78 Å². The van der Waals surface area contributed by atoms with Crippen LogP contribution in [0.1, 0.15) is 11.1 Å². The molecule has 0 fully saturated rings. The van der Waals surface area contributed by atoms with E-state index >= 15 is 0 Å². The standard InChI is InChI=1S/C11H11BrF2O2/c1-7-3-2-4-8(5-9(15)6-12)10(7)16-11(13)14/h2-4,11H,5-6H2,1H3. The van der Waals surface area contributed by atoms with Gasteiger partial charge >= 0.3 is 6.61 Å². The topological polar surface area (TPSA) is 26.3 Å². The molecule has 0 radical (unpaired) electrons. The highest BCUT2D eigenvalue weighted by atomic mass is 79.9. The molecule has 0 aromatic heterocycles.